The number of halogens is 1. The van der Waals surface area contributed by atoms with Crippen molar-refractivity contribution in [3.05, 3.63) is 42.0 Å². The molecule has 1 aromatic carbocycles. The molecule has 7 heteroatoms. The molecule has 0 fully saturated rings. The number of benzene rings is 1. The summed E-state index contributed by atoms with van der Waals surface area (Å²) in [5.74, 6) is -0.999. The van der Waals surface area contributed by atoms with Gasteiger partial charge < -0.3 is 14.8 Å². The molecule has 2 aromatic rings. The van der Waals surface area contributed by atoms with E-state index >= 15 is 0 Å². The number of carbonyl (C=O) groups excluding carboxylic acids is 1. The zero-order valence-corrected chi connectivity index (χ0v) is 10.9. The van der Waals surface area contributed by atoms with E-state index in [4.69, 9.17) is 9.47 Å². The number of rotatable bonds is 4. The number of amides is 1. The van der Waals surface area contributed by atoms with Crippen LogP contribution in [0.4, 0.5) is 10.1 Å². The van der Waals surface area contributed by atoms with Crippen LogP contribution in [-0.2, 0) is 0 Å². The summed E-state index contributed by atoms with van der Waals surface area (Å²) in [7, 11) is 2.79. The van der Waals surface area contributed by atoms with Crippen molar-refractivity contribution in [2.75, 3.05) is 19.5 Å². The zero-order chi connectivity index (χ0) is 14.5. The SMILES string of the molecule is COc1ncc(NC(=O)c2ccc(OC)c(F)c2)cn1. The highest BCUT2D eigenvalue weighted by atomic mass is 19.1. The molecule has 0 bridgehead atoms. The highest BCUT2D eigenvalue weighted by Gasteiger charge is 2.10. The van der Waals surface area contributed by atoms with E-state index in [0.29, 0.717) is 5.69 Å². The minimum absolute atomic E-state index is 0.0781. The Bertz CT molecular complexity index is 617. The van der Waals surface area contributed by atoms with Crippen LogP contribution in [0.25, 0.3) is 0 Å². The second-order valence-electron chi connectivity index (χ2n) is 3.76. The predicted octanol–water partition coefficient (Wildman–Crippen LogP) is 1.89. The maximum Gasteiger partial charge on any atom is 0.316 e. The monoisotopic (exact) mass is 277 g/mol. The van der Waals surface area contributed by atoms with Gasteiger partial charge in [0, 0.05) is 5.56 Å². The van der Waals surface area contributed by atoms with Gasteiger partial charge >= 0.3 is 6.01 Å². The molecule has 20 heavy (non-hydrogen) atoms. The first-order valence-corrected chi connectivity index (χ1v) is 5.65. The summed E-state index contributed by atoms with van der Waals surface area (Å²) in [6, 6.07) is 4.13. The van der Waals surface area contributed by atoms with E-state index in [1.54, 1.807) is 0 Å². The molecule has 0 radical (unpaired) electrons. The van der Waals surface area contributed by atoms with E-state index in [-0.39, 0.29) is 17.3 Å². The van der Waals surface area contributed by atoms with Gasteiger partial charge in [-0.2, -0.15) is 0 Å². The van der Waals surface area contributed by atoms with E-state index in [1.165, 1.54) is 38.7 Å². The maximum absolute atomic E-state index is 13.5. The third-order valence-corrected chi connectivity index (χ3v) is 2.48. The summed E-state index contributed by atoms with van der Waals surface area (Å²) in [5.41, 5.74) is 0.547. The second-order valence-corrected chi connectivity index (χ2v) is 3.76. The molecule has 6 nitrogen and oxygen atoms in total. The maximum atomic E-state index is 13.5. The standard InChI is InChI=1S/C13H12FN3O3/c1-19-11-4-3-8(5-10(11)14)12(18)17-9-6-15-13(20-2)16-7-9/h3-7H,1-2H3,(H,17,18). The smallest absolute Gasteiger partial charge is 0.316 e. The molecule has 0 spiro atoms. The quantitative estimate of drug-likeness (QED) is 0.923. The van der Waals surface area contributed by atoms with Crippen LogP contribution in [0, 0.1) is 5.82 Å². The van der Waals surface area contributed by atoms with Crippen LogP contribution < -0.4 is 14.8 Å². The Morgan fingerprint density at radius 3 is 2.45 bits per heavy atom. The van der Waals surface area contributed by atoms with Crippen molar-refractivity contribution in [2.24, 2.45) is 0 Å². The molecule has 1 amide bonds. The van der Waals surface area contributed by atoms with Crippen LogP contribution in [0.2, 0.25) is 0 Å². The molecule has 0 saturated heterocycles. The first-order chi connectivity index (χ1) is 9.63. The molecule has 0 aliphatic heterocycles. The van der Waals surface area contributed by atoms with E-state index in [0.717, 1.165) is 6.07 Å². The van der Waals surface area contributed by atoms with Gasteiger partial charge in [0.1, 0.15) is 0 Å². The lowest BCUT2D eigenvalue weighted by atomic mass is 10.2. The Kier molecular flexibility index (Phi) is 4.09. The summed E-state index contributed by atoms with van der Waals surface area (Å²) in [5, 5.41) is 2.55. The van der Waals surface area contributed by atoms with Gasteiger partial charge in [0.25, 0.3) is 5.91 Å². The number of aromatic nitrogens is 2. The van der Waals surface area contributed by atoms with Crippen molar-refractivity contribution >= 4 is 11.6 Å². The van der Waals surface area contributed by atoms with Gasteiger partial charge in [-0.3, -0.25) is 4.79 Å². The number of ether oxygens (including phenoxy) is 2. The van der Waals surface area contributed by atoms with E-state index < -0.39 is 11.7 Å². The minimum atomic E-state index is -0.605. The van der Waals surface area contributed by atoms with Crippen LogP contribution in [0.1, 0.15) is 10.4 Å². The largest absolute Gasteiger partial charge is 0.494 e. The molecule has 1 aromatic heterocycles. The highest BCUT2D eigenvalue weighted by molar-refractivity contribution is 6.04. The molecule has 2 rings (SSSR count). The van der Waals surface area contributed by atoms with Crippen LogP contribution in [-0.4, -0.2) is 30.1 Å². The van der Waals surface area contributed by atoms with Gasteiger partial charge in [-0.05, 0) is 18.2 Å². The van der Waals surface area contributed by atoms with Crippen molar-refractivity contribution in [3.8, 4) is 11.8 Å². The van der Waals surface area contributed by atoms with Gasteiger partial charge in [0.2, 0.25) is 0 Å². The molecule has 0 aliphatic carbocycles. The molecule has 1 heterocycles. The average molecular weight is 277 g/mol. The van der Waals surface area contributed by atoms with E-state index in [2.05, 4.69) is 15.3 Å². The number of methoxy groups -OCH3 is 2. The minimum Gasteiger partial charge on any atom is -0.494 e. The predicted molar refractivity (Wildman–Crippen MR) is 69.5 cm³/mol. The molecular formula is C13H12FN3O3. The Labute approximate surface area is 114 Å². The van der Waals surface area contributed by atoms with Gasteiger partial charge in [0.05, 0.1) is 32.3 Å². The van der Waals surface area contributed by atoms with Crippen LogP contribution >= 0.6 is 0 Å². The van der Waals surface area contributed by atoms with Crippen molar-refractivity contribution < 1.29 is 18.7 Å². The third-order valence-electron chi connectivity index (χ3n) is 2.48. The summed E-state index contributed by atoms with van der Waals surface area (Å²) < 4.78 is 23.1. The van der Waals surface area contributed by atoms with Gasteiger partial charge in [-0.25, -0.2) is 14.4 Å². The van der Waals surface area contributed by atoms with Gasteiger partial charge in [0.15, 0.2) is 11.6 Å². The Hall–Kier alpha value is -2.70. The van der Waals surface area contributed by atoms with Crippen molar-refractivity contribution in [3.63, 3.8) is 0 Å². The molecule has 0 atom stereocenters. The van der Waals surface area contributed by atoms with E-state index in [9.17, 15) is 9.18 Å². The Morgan fingerprint density at radius 1 is 1.20 bits per heavy atom. The second kappa shape index (κ2) is 5.96. The molecule has 0 saturated carbocycles. The molecule has 0 unspecified atom stereocenters. The normalized spacial score (nSPS) is 9.95. The zero-order valence-electron chi connectivity index (χ0n) is 10.9. The van der Waals surface area contributed by atoms with Crippen LogP contribution in [0.15, 0.2) is 30.6 Å². The lowest BCUT2D eigenvalue weighted by molar-refractivity contribution is 0.102. The van der Waals surface area contributed by atoms with Crippen LogP contribution in [0.5, 0.6) is 11.8 Å². The number of nitrogens with zero attached hydrogens (tertiary/aromatic N) is 2. The summed E-state index contributed by atoms with van der Waals surface area (Å²) in [4.78, 5) is 19.6. The fraction of sp³-hybridized carbons (Fsp3) is 0.154. The molecule has 0 aliphatic rings. The number of carbonyl (C=O) groups is 1. The first kappa shape index (κ1) is 13.7. The lowest BCUT2D eigenvalue weighted by Gasteiger charge is -2.06. The average Bonchev–Trinajstić information content (AvgIpc) is 2.48. The van der Waals surface area contributed by atoms with Gasteiger partial charge in [-0.1, -0.05) is 0 Å². The molecule has 1 N–H and O–H groups in total. The highest BCUT2D eigenvalue weighted by Crippen LogP contribution is 2.18. The molecular weight excluding hydrogens is 265 g/mol. The van der Waals surface area contributed by atoms with Crippen LogP contribution in [0.3, 0.4) is 0 Å². The van der Waals surface area contributed by atoms with Gasteiger partial charge in [-0.15, -0.1) is 0 Å². The topological polar surface area (TPSA) is 73.3 Å². The Morgan fingerprint density at radius 2 is 1.90 bits per heavy atom. The third kappa shape index (κ3) is 3.00. The number of nitrogens with one attached hydrogen (secondary N) is 1. The van der Waals surface area contributed by atoms with Crippen molar-refractivity contribution in [2.45, 2.75) is 0 Å². The Balaban J connectivity index is 2.12. The van der Waals surface area contributed by atoms with E-state index in [1.807, 2.05) is 0 Å². The summed E-state index contributed by atoms with van der Waals surface area (Å²) >= 11 is 0. The number of hydrogen-bond acceptors (Lipinski definition) is 5. The van der Waals surface area contributed by atoms with Crippen molar-refractivity contribution in [1.82, 2.24) is 9.97 Å². The van der Waals surface area contributed by atoms with Crippen molar-refractivity contribution in [1.29, 1.82) is 0 Å². The number of hydrogen-bond donors (Lipinski definition) is 1. The first-order valence-electron chi connectivity index (χ1n) is 5.65. The summed E-state index contributed by atoms with van der Waals surface area (Å²) in [6.45, 7) is 0. The summed E-state index contributed by atoms with van der Waals surface area (Å²) in [6.07, 6.45) is 2.78. The lowest BCUT2D eigenvalue weighted by Crippen LogP contribution is -2.12. The molecule has 104 valence electrons. The fourth-order valence-electron chi connectivity index (χ4n) is 1.50. The fourth-order valence-corrected chi connectivity index (χ4v) is 1.50. The number of anilines is 1.